The molecule has 2 atom stereocenters. The number of benzene rings is 1. The van der Waals surface area contributed by atoms with Crippen LogP contribution in [0, 0.1) is 23.1 Å². The third kappa shape index (κ3) is 6.18. The van der Waals surface area contributed by atoms with E-state index in [0.29, 0.717) is 49.2 Å². The number of aromatic nitrogens is 3. The Kier molecular flexibility index (Phi) is 8.04. The van der Waals surface area contributed by atoms with Crippen LogP contribution < -0.4 is 16.4 Å². The standard InChI is InChI=1S/C32H32F4N8O2/c1-16-10-19(31(46)42-30(39)21-6-7-25(32(34,35)36)41-27(21)17-2-3-17)8-9-44(16)24-12-20(11-23(33)22(24)13-37)28-29(18-4-5-18)43(15-40-28)14-26(38)45/h6-7,11-12,15-19H,2-5,8-10,14H2,1H3,(H2,38,45)(H2,39,42,46). The number of halogens is 4. The van der Waals surface area contributed by atoms with Crippen LogP contribution in [0.15, 0.2) is 35.6 Å². The third-order valence-corrected chi connectivity index (χ3v) is 8.84. The number of nitriles is 1. The summed E-state index contributed by atoms with van der Waals surface area (Å²) in [4.78, 5) is 39.1. The Hall–Kier alpha value is -4.80. The fourth-order valence-corrected chi connectivity index (χ4v) is 6.30. The SMILES string of the molecule is CC1CC(C(=O)N=C(N)c2ccc(C(F)(F)F)nc2C2CC2)CCN1c1cc(-c2ncn(CC(N)=O)c2C2CC2)cc(F)c1C#N. The van der Waals surface area contributed by atoms with Crippen LogP contribution in [-0.2, 0) is 22.3 Å². The molecule has 2 unspecified atom stereocenters. The first-order valence-corrected chi connectivity index (χ1v) is 15.2. The zero-order valence-electron chi connectivity index (χ0n) is 25.0. The molecule has 1 aliphatic heterocycles. The Labute approximate surface area is 262 Å². The molecule has 3 fully saturated rings. The van der Waals surface area contributed by atoms with Crippen LogP contribution >= 0.6 is 0 Å². The van der Waals surface area contributed by atoms with Crippen molar-refractivity contribution in [2.45, 2.75) is 76.0 Å². The van der Waals surface area contributed by atoms with Crippen LogP contribution in [0.25, 0.3) is 11.3 Å². The molecule has 3 aliphatic rings. The van der Waals surface area contributed by atoms with Crippen molar-refractivity contribution < 1.29 is 27.2 Å². The smallest absolute Gasteiger partial charge is 0.383 e. The average Bonchev–Trinajstić information content (AvgIpc) is 3.94. The van der Waals surface area contributed by atoms with E-state index in [1.54, 1.807) is 10.6 Å². The summed E-state index contributed by atoms with van der Waals surface area (Å²) in [7, 11) is 0. The van der Waals surface area contributed by atoms with Gasteiger partial charge in [-0.15, -0.1) is 0 Å². The molecule has 3 aromatic rings. The van der Waals surface area contributed by atoms with Crippen molar-refractivity contribution in [3.63, 3.8) is 0 Å². The highest BCUT2D eigenvalue weighted by Crippen LogP contribution is 2.45. The number of aliphatic imine (C=N–C) groups is 1. The summed E-state index contributed by atoms with van der Waals surface area (Å²) in [6.45, 7) is 2.12. The predicted molar refractivity (Wildman–Crippen MR) is 160 cm³/mol. The molecule has 1 aromatic carbocycles. The lowest BCUT2D eigenvalue weighted by atomic mass is 9.89. The van der Waals surface area contributed by atoms with Crippen LogP contribution in [0.1, 0.15) is 85.5 Å². The maximum atomic E-state index is 15.4. The number of anilines is 1. The number of pyridine rings is 1. The maximum Gasteiger partial charge on any atom is 0.433 e. The highest BCUT2D eigenvalue weighted by atomic mass is 19.4. The van der Waals surface area contributed by atoms with Crippen LogP contribution in [0.5, 0.6) is 0 Å². The van der Waals surface area contributed by atoms with Gasteiger partial charge in [0.15, 0.2) is 0 Å². The topological polar surface area (TPSA) is 156 Å². The van der Waals surface area contributed by atoms with Crippen molar-refractivity contribution in [3.05, 3.63) is 64.6 Å². The minimum atomic E-state index is -4.60. The minimum Gasteiger partial charge on any atom is -0.383 e. The van der Waals surface area contributed by atoms with Gasteiger partial charge in [-0.3, -0.25) is 9.59 Å². The molecular weight excluding hydrogens is 604 g/mol. The second kappa shape index (κ2) is 11.9. The number of alkyl halides is 3. The fourth-order valence-electron chi connectivity index (χ4n) is 6.30. The average molecular weight is 637 g/mol. The van der Waals surface area contributed by atoms with E-state index in [1.807, 2.05) is 17.9 Å². The van der Waals surface area contributed by atoms with Crippen molar-refractivity contribution >= 4 is 23.3 Å². The summed E-state index contributed by atoms with van der Waals surface area (Å²) in [5, 5.41) is 9.87. The molecule has 6 rings (SSSR count). The van der Waals surface area contributed by atoms with E-state index in [1.165, 1.54) is 18.5 Å². The number of nitrogens with two attached hydrogens (primary N) is 2. The lowest BCUT2D eigenvalue weighted by molar-refractivity contribution is -0.141. The van der Waals surface area contributed by atoms with Crippen LogP contribution in [0.3, 0.4) is 0 Å². The van der Waals surface area contributed by atoms with Crippen molar-refractivity contribution in [1.29, 1.82) is 5.26 Å². The molecule has 240 valence electrons. The Morgan fingerprint density at radius 3 is 2.43 bits per heavy atom. The van der Waals surface area contributed by atoms with Gasteiger partial charge in [0.1, 0.15) is 35.5 Å². The van der Waals surface area contributed by atoms with E-state index < -0.39 is 35.4 Å². The lowest BCUT2D eigenvalue weighted by Crippen LogP contribution is -2.43. The summed E-state index contributed by atoms with van der Waals surface area (Å²) in [5.41, 5.74) is 13.0. The van der Waals surface area contributed by atoms with Crippen molar-refractivity contribution in [2.24, 2.45) is 22.4 Å². The van der Waals surface area contributed by atoms with Gasteiger partial charge in [0, 0.05) is 47.2 Å². The molecule has 2 aliphatic carbocycles. The normalized spacial score (nSPS) is 20.4. The summed E-state index contributed by atoms with van der Waals surface area (Å²) < 4.78 is 56.9. The monoisotopic (exact) mass is 636 g/mol. The molecule has 4 N–H and O–H groups in total. The molecule has 3 heterocycles. The molecule has 2 aromatic heterocycles. The van der Waals surface area contributed by atoms with Gasteiger partial charge >= 0.3 is 6.18 Å². The number of carbonyl (C=O) groups excluding carboxylic acids is 2. The largest absolute Gasteiger partial charge is 0.433 e. The van der Waals surface area contributed by atoms with Crippen molar-refractivity contribution in [2.75, 3.05) is 11.4 Å². The first-order valence-electron chi connectivity index (χ1n) is 15.2. The number of amidine groups is 1. The van der Waals surface area contributed by atoms with Gasteiger partial charge < -0.3 is 20.9 Å². The second-order valence-corrected chi connectivity index (χ2v) is 12.3. The predicted octanol–water partition coefficient (Wildman–Crippen LogP) is 4.75. The van der Waals surface area contributed by atoms with Gasteiger partial charge in [0.05, 0.1) is 23.4 Å². The summed E-state index contributed by atoms with van der Waals surface area (Å²) in [5.74, 6) is -2.43. The number of rotatable bonds is 8. The van der Waals surface area contributed by atoms with Crippen molar-refractivity contribution in [3.8, 4) is 17.3 Å². The van der Waals surface area contributed by atoms with Gasteiger partial charge in [-0.1, -0.05) is 0 Å². The Balaban J connectivity index is 1.23. The highest BCUT2D eigenvalue weighted by Gasteiger charge is 2.37. The van der Waals surface area contributed by atoms with E-state index in [2.05, 4.69) is 15.0 Å². The summed E-state index contributed by atoms with van der Waals surface area (Å²) in [6, 6.07) is 6.72. The van der Waals surface area contributed by atoms with E-state index >= 15 is 4.39 Å². The van der Waals surface area contributed by atoms with E-state index in [4.69, 9.17) is 11.5 Å². The quantitative estimate of drug-likeness (QED) is 0.205. The molecule has 0 spiro atoms. The van der Waals surface area contributed by atoms with E-state index in [0.717, 1.165) is 24.6 Å². The minimum absolute atomic E-state index is 0.0483. The summed E-state index contributed by atoms with van der Waals surface area (Å²) >= 11 is 0. The molecule has 46 heavy (non-hydrogen) atoms. The highest BCUT2D eigenvalue weighted by molar-refractivity contribution is 6.05. The number of nitrogens with zero attached hydrogens (tertiary/aromatic N) is 6. The molecular formula is C32H32F4N8O2. The van der Waals surface area contributed by atoms with Gasteiger partial charge in [0.25, 0.3) is 5.91 Å². The molecule has 1 saturated heterocycles. The maximum absolute atomic E-state index is 15.4. The number of hydrogen-bond acceptors (Lipinski definition) is 6. The second-order valence-electron chi connectivity index (χ2n) is 12.3. The van der Waals surface area contributed by atoms with Gasteiger partial charge in [0.2, 0.25) is 5.91 Å². The molecule has 2 saturated carbocycles. The van der Waals surface area contributed by atoms with Gasteiger partial charge in [-0.05, 0) is 69.7 Å². The number of primary amides is 1. The van der Waals surface area contributed by atoms with Crippen molar-refractivity contribution in [1.82, 2.24) is 14.5 Å². The van der Waals surface area contributed by atoms with E-state index in [9.17, 15) is 28.0 Å². The molecule has 2 amide bonds. The van der Waals surface area contributed by atoms with E-state index in [-0.39, 0.29) is 47.1 Å². The zero-order valence-corrected chi connectivity index (χ0v) is 25.0. The zero-order chi connectivity index (χ0) is 32.9. The molecule has 0 radical (unpaired) electrons. The van der Waals surface area contributed by atoms with Gasteiger partial charge in [-0.2, -0.15) is 23.4 Å². The number of piperidine rings is 1. The molecule has 10 nitrogen and oxygen atoms in total. The number of amides is 2. The first-order chi connectivity index (χ1) is 21.8. The van der Waals surface area contributed by atoms with Gasteiger partial charge in [-0.25, -0.2) is 14.4 Å². The first kappa shape index (κ1) is 31.2. The Bertz CT molecular complexity index is 1790. The number of imidazole rings is 1. The summed E-state index contributed by atoms with van der Waals surface area (Å²) in [6.07, 6.45) is 0.755. The van der Waals surface area contributed by atoms with Crippen LogP contribution in [-0.4, -0.2) is 44.8 Å². The Morgan fingerprint density at radius 2 is 1.83 bits per heavy atom. The van der Waals surface area contributed by atoms with Crippen LogP contribution in [0.2, 0.25) is 0 Å². The fraction of sp³-hybridized carbons (Fsp3) is 0.438. The Morgan fingerprint density at radius 1 is 1.11 bits per heavy atom. The lowest BCUT2D eigenvalue weighted by Gasteiger charge is -2.39. The number of hydrogen-bond donors (Lipinski definition) is 2. The van der Waals surface area contributed by atoms with Crippen LogP contribution in [0.4, 0.5) is 23.2 Å². The number of carbonyl (C=O) groups is 2. The molecule has 0 bridgehead atoms. The molecule has 14 heteroatoms. The third-order valence-electron chi connectivity index (χ3n) is 8.84.